The zero-order chi connectivity index (χ0) is 18.9. The van der Waals surface area contributed by atoms with Crippen molar-refractivity contribution in [2.24, 2.45) is 4.99 Å². The molecule has 4 nitrogen and oxygen atoms in total. The molecule has 0 aliphatic carbocycles. The lowest BCUT2D eigenvalue weighted by molar-refractivity contribution is 0.247. The molecular formula is C23H21N3O. The van der Waals surface area contributed by atoms with E-state index in [2.05, 4.69) is 10.6 Å². The van der Waals surface area contributed by atoms with Gasteiger partial charge in [-0.1, -0.05) is 91.0 Å². The number of nitrogens with zero attached hydrogens (tertiary/aromatic N) is 1. The lowest BCUT2D eigenvalue weighted by Gasteiger charge is -2.11. The fourth-order valence-electron chi connectivity index (χ4n) is 2.55. The minimum atomic E-state index is -0.315. The van der Waals surface area contributed by atoms with Crippen LogP contribution in [0, 0.1) is 0 Å². The molecule has 134 valence electrons. The summed E-state index contributed by atoms with van der Waals surface area (Å²) in [4.78, 5) is 16.8. The molecule has 3 aromatic carbocycles. The van der Waals surface area contributed by atoms with Crippen LogP contribution in [0.1, 0.15) is 16.7 Å². The normalized spacial score (nSPS) is 11.7. The van der Waals surface area contributed by atoms with Crippen LogP contribution in [-0.4, -0.2) is 18.9 Å². The van der Waals surface area contributed by atoms with Gasteiger partial charge in [0.25, 0.3) is 0 Å². The Bertz CT molecular complexity index is 933. The summed E-state index contributed by atoms with van der Waals surface area (Å²) in [6.45, 7) is 0. The third-order valence-electron chi connectivity index (χ3n) is 3.91. The Kier molecular flexibility index (Phi) is 6.15. The Morgan fingerprint density at radius 1 is 0.778 bits per heavy atom. The molecule has 0 atom stereocenters. The fourth-order valence-corrected chi connectivity index (χ4v) is 2.55. The average molecular weight is 355 g/mol. The summed E-state index contributed by atoms with van der Waals surface area (Å²) in [7, 11) is 1.58. The van der Waals surface area contributed by atoms with Crippen LogP contribution in [0.3, 0.4) is 0 Å². The Balaban J connectivity index is 2.10. The number of hydrogen-bond acceptors (Lipinski definition) is 2. The van der Waals surface area contributed by atoms with E-state index in [4.69, 9.17) is 4.99 Å². The van der Waals surface area contributed by atoms with Crippen molar-refractivity contribution in [1.29, 1.82) is 0 Å². The summed E-state index contributed by atoms with van der Waals surface area (Å²) in [5, 5.41) is 5.41. The van der Waals surface area contributed by atoms with E-state index in [9.17, 15) is 4.79 Å². The first-order valence-electron chi connectivity index (χ1n) is 8.71. The number of hydrogen-bond donors (Lipinski definition) is 2. The van der Waals surface area contributed by atoms with Gasteiger partial charge in [0.05, 0.1) is 5.70 Å². The van der Waals surface area contributed by atoms with E-state index in [0.29, 0.717) is 5.84 Å². The van der Waals surface area contributed by atoms with Crippen molar-refractivity contribution in [3.63, 3.8) is 0 Å². The second kappa shape index (κ2) is 9.15. The van der Waals surface area contributed by atoms with Crippen LogP contribution in [0.25, 0.3) is 11.8 Å². The lowest BCUT2D eigenvalue weighted by Crippen LogP contribution is -2.38. The molecule has 3 aromatic rings. The molecule has 0 saturated carbocycles. The molecular weight excluding hydrogens is 334 g/mol. The van der Waals surface area contributed by atoms with Crippen molar-refractivity contribution in [1.82, 2.24) is 10.6 Å². The van der Waals surface area contributed by atoms with E-state index < -0.39 is 0 Å². The third-order valence-corrected chi connectivity index (χ3v) is 3.91. The Labute approximate surface area is 159 Å². The molecule has 0 aromatic heterocycles. The number of aliphatic imine (C=N–C) groups is 1. The van der Waals surface area contributed by atoms with Crippen molar-refractivity contribution >= 4 is 23.6 Å². The van der Waals surface area contributed by atoms with Gasteiger partial charge in [-0.3, -0.25) is 5.32 Å². The predicted octanol–water partition coefficient (Wildman–Crippen LogP) is 4.56. The second-order valence-electron chi connectivity index (χ2n) is 5.84. The molecule has 0 spiro atoms. The van der Waals surface area contributed by atoms with Gasteiger partial charge in [-0.05, 0) is 11.6 Å². The van der Waals surface area contributed by atoms with E-state index >= 15 is 0 Å². The van der Waals surface area contributed by atoms with Crippen LogP contribution in [0.15, 0.2) is 96.0 Å². The molecule has 0 aliphatic rings. The molecule has 2 amide bonds. The first kappa shape index (κ1) is 18.1. The summed E-state index contributed by atoms with van der Waals surface area (Å²) < 4.78 is 0. The van der Waals surface area contributed by atoms with E-state index in [1.165, 1.54) is 0 Å². The topological polar surface area (TPSA) is 53.5 Å². The zero-order valence-electron chi connectivity index (χ0n) is 15.1. The molecule has 0 aliphatic heterocycles. The molecule has 0 fully saturated rings. The maximum atomic E-state index is 11.9. The minimum Gasteiger partial charge on any atom is -0.341 e. The zero-order valence-corrected chi connectivity index (χ0v) is 15.1. The van der Waals surface area contributed by atoms with Crippen LogP contribution in [0.5, 0.6) is 0 Å². The van der Waals surface area contributed by atoms with E-state index in [-0.39, 0.29) is 6.03 Å². The molecule has 0 heterocycles. The number of urea groups is 1. The highest BCUT2D eigenvalue weighted by molar-refractivity contribution is 6.10. The van der Waals surface area contributed by atoms with E-state index in [1.54, 1.807) is 7.05 Å². The van der Waals surface area contributed by atoms with Gasteiger partial charge in [0.15, 0.2) is 0 Å². The molecule has 2 N–H and O–H groups in total. The smallest absolute Gasteiger partial charge is 0.320 e. The molecule has 3 rings (SSSR count). The van der Waals surface area contributed by atoms with E-state index in [0.717, 1.165) is 22.4 Å². The predicted molar refractivity (Wildman–Crippen MR) is 111 cm³/mol. The largest absolute Gasteiger partial charge is 0.341 e. The summed E-state index contributed by atoms with van der Waals surface area (Å²) in [5.74, 6) is 0.487. The number of amidine groups is 1. The molecule has 0 saturated heterocycles. The van der Waals surface area contributed by atoms with Crippen LogP contribution < -0.4 is 10.6 Å². The van der Waals surface area contributed by atoms with Gasteiger partial charge in [-0.2, -0.15) is 0 Å². The number of benzene rings is 3. The van der Waals surface area contributed by atoms with Crippen LogP contribution >= 0.6 is 0 Å². The van der Waals surface area contributed by atoms with Gasteiger partial charge in [-0.25, -0.2) is 9.79 Å². The van der Waals surface area contributed by atoms with Gasteiger partial charge in [-0.15, -0.1) is 0 Å². The van der Waals surface area contributed by atoms with Crippen molar-refractivity contribution in [2.75, 3.05) is 7.05 Å². The molecule has 0 radical (unpaired) electrons. The minimum absolute atomic E-state index is 0.315. The second-order valence-corrected chi connectivity index (χ2v) is 5.84. The van der Waals surface area contributed by atoms with Crippen molar-refractivity contribution in [3.8, 4) is 0 Å². The number of amides is 2. The first-order valence-corrected chi connectivity index (χ1v) is 8.71. The Morgan fingerprint density at radius 2 is 1.30 bits per heavy atom. The first-order chi connectivity index (χ1) is 13.3. The average Bonchev–Trinajstić information content (AvgIpc) is 2.74. The SMILES string of the molecule is CNC(=O)NC(=N/C(=C/c1ccccc1)c1ccccc1)c1ccccc1. The van der Waals surface area contributed by atoms with E-state index in [1.807, 2.05) is 97.1 Å². The molecule has 0 bridgehead atoms. The monoisotopic (exact) mass is 355 g/mol. The quantitative estimate of drug-likeness (QED) is 0.402. The summed E-state index contributed by atoms with van der Waals surface area (Å²) in [5.41, 5.74) is 3.59. The molecule has 4 heteroatoms. The number of rotatable bonds is 4. The third kappa shape index (κ3) is 5.16. The highest BCUT2D eigenvalue weighted by atomic mass is 16.2. The fraction of sp³-hybridized carbons (Fsp3) is 0.0435. The summed E-state index contributed by atoms with van der Waals surface area (Å²) in [6.07, 6.45) is 2.00. The lowest BCUT2D eigenvalue weighted by atomic mass is 10.1. The van der Waals surface area contributed by atoms with Gasteiger partial charge < -0.3 is 5.32 Å². The maximum absolute atomic E-state index is 11.9. The number of carbonyl (C=O) groups excluding carboxylic acids is 1. The maximum Gasteiger partial charge on any atom is 0.320 e. The Morgan fingerprint density at radius 3 is 1.85 bits per heavy atom. The van der Waals surface area contributed by atoms with Crippen LogP contribution in [-0.2, 0) is 0 Å². The van der Waals surface area contributed by atoms with Crippen LogP contribution in [0.4, 0.5) is 4.79 Å². The highest BCUT2D eigenvalue weighted by Crippen LogP contribution is 2.20. The Hall–Kier alpha value is -3.66. The van der Waals surface area contributed by atoms with Crippen LogP contribution in [0.2, 0.25) is 0 Å². The summed E-state index contributed by atoms with van der Waals surface area (Å²) >= 11 is 0. The summed E-state index contributed by atoms with van der Waals surface area (Å²) in [6, 6.07) is 29.2. The van der Waals surface area contributed by atoms with Crippen molar-refractivity contribution in [2.45, 2.75) is 0 Å². The highest BCUT2D eigenvalue weighted by Gasteiger charge is 2.09. The molecule has 0 unspecified atom stereocenters. The number of nitrogens with one attached hydrogen (secondary N) is 2. The van der Waals surface area contributed by atoms with Gasteiger partial charge >= 0.3 is 6.03 Å². The molecule has 27 heavy (non-hydrogen) atoms. The van der Waals surface area contributed by atoms with Crippen molar-refractivity contribution < 1.29 is 4.79 Å². The van der Waals surface area contributed by atoms with Gasteiger partial charge in [0.2, 0.25) is 0 Å². The standard InChI is InChI=1S/C23H21N3O/c1-24-23(27)26-22(20-15-9-4-10-16-20)25-21(19-13-7-3-8-14-19)17-18-11-5-2-6-12-18/h2-17H,1H3,(H2,24,25,26,27)/b21-17+. The number of carbonyl (C=O) groups is 1. The van der Waals surface area contributed by atoms with Gasteiger partial charge in [0, 0.05) is 18.2 Å². The van der Waals surface area contributed by atoms with Gasteiger partial charge in [0.1, 0.15) is 5.84 Å². The van der Waals surface area contributed by atoms with Crippen molar-refractivity contribution in [3.05, 3.63) is 108 Å².